The molecule has 1 fully saturated rings. The molecular formula is C27H31F3N4O3. The van der Waals surface area contributed by atoms with Crippen molar-refractivity contribution in [2.75, 3.05) is 56.1 Å². The highest BCUT2D eigenvalue weighted by molar-refractivity contribution is 5.94. The van der Waals surface area contributed by atoms with Gasteiger partial charge in [0.05, 0.1) is 22.6 Å². The number of pyridine rings is 1. The minimum absolute atomic E-state index is 0.0919. The Morgan fingerprint density at radius 1 is 0.973 bits per heavy atom. The number of likely N-dealkylation sites (N-methyl/N-ethyl adjacent to an activating group) is 1. The SMILES string of the molecule is CCCN(CCC)c1cc2c(cc1F)c(=O)c(C(=O)O)cn2-c1ccc(N2CCN(C)CC2)c(F)c1F. The average molecular weight is 517 g/mol. The van der Waals surface area contributed by atoms with Crippen LogP contribution < -0.4 is 15.2 Å². The fraction of sp³-hybridized carbons (Fsp3) is 0.407. The number of hydrogen-bond donors (Lipinski definition) is 1. The number of nitrogens with zero attached hydrogens (tertiary/aromatic N) is 4. The number of fused-ring (bicyclic) bond motifs is 1. The third-order valence-electron chi connectivity index (χ3n) is 6.78. The summed E-state index contributed by atoms with van der Waals surface area (Å²) < 4.78 is 47.3. The van der Waals surface area contributed by atoms with Crippen molar-refractivity contribution >= 4 is 28.2 Å². The highest BCUT2D eigenvalue weighted by Gasteiger charge is 2.25. The first-order valence-corrected chi connectivity index (χ1v) is 12.5. The van der Waals surface area contributed by atoms with Crippen molar-refractivity contribution in [2.45, 2.75) is 26.7 Å². The summed E-state index contributed by atoms with van der Waals surface area (Å²) in [4.78, 5) is 30.4. The second-order valence-corrected chi connectivity index (χ2v) is 9.38. The first-order valence-electron chi connectivity index (χ1n) is 12.5. The predicted octanol–water partition coefficient (Wildman–Crippen LogP) is 4.48. The number of carboxylic acids is 1. The summed E-state index contributed by atoms with van der Waals surface area (Å²) in [6, 6.07) is 5.21. The van der Waals surface area contributed by atoms with Gasteiger partial charge in [-0.1, -0.05) is 13.8 Å². The van der Waals surface area contributed by atoms with Crippen molar-refractivity contribution in [2.24, 2.45) is 0 Å². The Labute approximate surface area is 213 Å². The van der Waals surface area contributed by atoms with Crippen LogP contribution in [0.1, 0.15) is 37.0 Å². The van der Waals surface area contributed by atoms with Crippen LogP contribution in [0.3, 0.4) is 0 Å². The number of piperazine rings is 1. The molecule has 0 saturated carbocycles. The lowest BCUT2D eigenvalue weighted by Gasteiger charge is -2.34. The zero-order valence-electron chi connectivity index (χ0n) is 21.2. The van der Waals surface area contributed by atoms with Crippen LogP contribution in [0.5, 0.6) is 0 Å². The number of rotatable bonds is 8. The molecule has 7 nitrogen and oxygen atoms in total. The van der Waals surface area contributed by atoms with Crippen molar-refractivity contribution in [1.82, 2.24) is 9.47 Å². The summed E-state index contributed by atoms with van der Waals surface area (Å²) in [6.45, 7) is 7.48. The summed E-state index contributed by atoms with van der Waals surface area (Å²) in [5, 5.41) is 9.39. The van der Waals surface area contributed by atoms with Crippen LogP contribution in [0, 0.1) is 17.5 Å². The van der Waals surface area contributed by atoms with E-state index in [-0.39, 0.29) is 28.0 Å². The van der Waals surface area contributed by atoms with Crippen LogP contribution in [0.15, 0.2) is 35.3 Å². The molecule has 4 rings (SSSR count). The Morgan fingerprint density at radius 2 is 1.57 bits per heavy atom. The topological polar surface area (TPSA) is 69.0 Å². The van der Waals surface area contributed by atoms with Crippen LogP contribution in [-0.2, 0) is 0 Å². The Kier molecular flexibility index (Phi) is 7.77. The number of aromatic carboxylic acids is 1. The number of halogens is 3. The smallest absolute Gasteiger partial charge is 0.341 e. The second kappa shape index (κ2) is 10.8. The molecule has 0 aliphatic carbocycles. The van der Waals surface area contributed by atoms with Crippen LogP contribution in [0.4, 0.5) is 24.5 Å². The Morgan fingerprint density at radius 3 is 2.16 bits per heavy atom. The number of carboxylic acid groups (broad SMARTS) is 1. The standard InChI is InChI=1S/C27H31F3N4O3/c1-4-8-32(9-5-2)23-15-22-17(14-19(23)28)26(35)18(27(36)37)16-34(22)21-7-6-20(24(29)25(21)30)33-12-10-31(3)11-13-33/h6-7,14-16H,4-5,8-13H2,1-3H3,(H,36,37). The van der Waals surface area contributed by atoms with Gasteiger partial charge in [-0.2, -0.15) is 0 Å². The van der Waals surface area contributed by atoms with Gasteiger partial charge in [0.2, 0.25) is 5.43 Å². The number of anilines is 2. The molecule has 0 amide bonds. The van der Waals surface area contributed by atoms with Gasteiger partial charge in [0.1, 0.15) is 11.4 Å². The molecule has 0 spiro atoms. The molecule has 2 aromatic carbocycles. The van der Waals surface area contributed by atoms with Crippen LogP contribution in [0.25, 0.3) is 16.6 Å². The highest BCUT2D eigenvalue weighted by Crippen LogP contribution is 2.31. The van der Waals surface area contributed by atoms with E-state index in [1.54, 1.807) is 4.90 Å². The average Bonchev–Trinajstić information content (AvgIpc) is 2.86. The molecule has 10 heteroatoms. The molecule has 198 valence electrons. The Balaban J connectivity index is 1.94. The van der Waals surface area contributed by atoms with Crippen LogP contribution in [-0.4, -0.2) is 66.9 Å². The molecule has 2 heterocycles. The molecule has 37 heavy (non-hydrogen) atoms. The molecule has 0 bridgehead atoms. The Hall–Kier alpha value is -3.53. The second-order valence-electron chi connectivity index (χ2n) is 9.38. The van der Waals surface area contributed by atoms with E-state index in [9.17, 15) is 14.7 Å². The zero-order valence-corrected chi connectivity index (χ0v) is 21.2. The van der Waals surface area contributed by atoms with E-state index in [0.717, 1.165) is 29.7 Å². The van der Waals surface area contributed by atoms with Crippen molar-refractivity contribution in [3.8, 4) is 5.69 Å². The van der Waals surface area contributed by atoms with E-state index in [1.807, 2.05) is 25.8 Å². The van der Waals surface area contributed by atoms with Crippen molar-refractivity contribution in [3.63, 3.8) is 0 Å². The van der Waals surface area contributed by atoms with Gasteiger partial charge in [0, 0.05) is 50.9 Å². The number of hydrogen-bond acceptors (Lipinski definition) is 5. The van der Waals surface area contributed by atoms with Gasteiger partial charge in [-0.25, -0.2) is 18.0 Å². The summed E-state index contributed by atoms with van der Waals surface area (Å²) in [6.07, 6.45) is 2.47. The van der Waals surface area contributed by atoms with Gasteiger partial charge >= 0.3 is 5.97 Å². The summed E-state index contributed by atoms with van der Waals surface area (Å²) in [5.74, 6) is -4.47. The van der Waals surface area contributed by atoms with Gasteiger partial charge in [-0.05, 0) is 44.2 Å². The first kappa shape index (κ1) is 26.5. The highest BCUT2D eigenvalue weighted by atomic mass is 19.2. The normalized spacial score (nSPS) is 14.4. The van der Waals surface area contributed by atoms with Crippen molar-refractivity contribution in [1.29, 1.82) is 0 Å². The summed E-state index contributed by atoms with van der Waals surface area (Å²) in [5.41, 5.74) is -1.41. The van der Waals surface area contributed by atoms with Crippen LogP contribution in [0.2, 0.25) is 0 Å². The van der Waals surface area contributed by atoms with E-state index in [4.69, 9.17) is 0 Å². The molecule has 3 aromatic rings. The van der Waals surface area contributed by atoms with Crippen LogP contribution >= 0.6 is 0 Å². The maximum absolute atomic E-state index is 15.6. The minimum Gasteiger partial charge on any atom is -0.477 e. The fourth-order valence-corrected chi connectivity index (χ4v) is 4.83. The maximum Gasteiger partial charge on any atom is 0.341 e. The fourth-order valence-electron chi connectivity index (χ4n) is 4.83. The number of benzene rings is 2. The van der Waals surface area contributed by atoms with Gasteiger partial charge < -0.3 is 24.4 Å². The molecule has 1 aromatic heterocycles. The molecule has 1 saturated heterocycles. The molecule has 1 N–H and O–H groups in total. The molecule has 1 aliphatic heterocycles. The van der Waals surface area contributed by atoms with Gasteiger partial charge in [-0.3, -0.25) is 4.79 Å². The lowest BCUT2D eigenvalue weighted by Crippen LogP contribution is -2.44. The van der Waals surface area contributed by atoms with E-state index in [2.05, 4.69) is 4.90 Å². The lowest BCUT2D eigenvalue weighted by atomic mass is 10.1. The predicted molar refractivity (Wildman–Crippen MR) is 139 cm³/mol. The third kappa shape index (κ3) is 5.02. The summed E-state index contributed by atoms with van der Waals surface area (Å²) >= 11 is 0. The van der Waals surface area contributed by atoms with Gasteiger partial charge in [0.15, 0.2) is 11.6 Å². The van der Waals surface area contributed by atoms with Crippen molar-refractivity contribution in [3.05, 3.63) is 63.7 Å². The number of carbonyl (C=O) groups is 1. The quantitative estimate of drug-likeness (QED) is 0.476. The Bertz CT molecular complexity index is 1380. The third-order valence-corrected chi connectivity index (χ3v) is 6.78. The largest absolute Gasteiger partial charge is 0.477 e. The first-order chi connectivity index (χ1) is 17.7. The van der Waals surface area contributed by atoms with Gasteiger partial charge in [-0.15, -0.1) is 0 Å². The summed E-state index contributed by atoms with van der Waals surface area (Å²) in [7, 11) is 1.96. The van der Waals surface area contributed by atoms with E-state index in [0.29, 0.717) is 39.3 Å². The van der Waals surface area contributed by atoms with E-state index >= 15 is 13.2 Å². The maximum atomic E-state index is 15.6. The molecule has 0 atom stereocenters. The molecular weight excluding hydrogens is 485 g/mol. The molecule has 0 unspecified atom stereocenters. The van der Waals surface area contributed by atoms with E-state index < -0.39 is 34.4 Å². The lowest BCUT2D eigenvalue weighted by molar-refractivity contribution is 0.0695. The zero-order chi connectivity index (χ0) is 26.9. The minimum atomic E-state index is -1.54. The molecule has 1 aliphatic rings. The number of aromatic nitrogens is 1. The molecule has 0 radical (unpaired) electrons. The van der Waals surface area contributed by atoms with E-state index in [1.165, 1.54) is 18.2 Å². The monoisotopic (exact) mass is 516 g/mol. The van der Waals surface area contributed by atoms with Crippen molar-refractivity contribution < 1.29 is 23.1 Å². The van der Waals surface area contributed by atoms with Gasteiger partial charge in [0.25, 0.3) is 0 Å².